The van der Waals surface area contributed by atoms with Crippen molar-refractivity contribution in [1.82, 2.24) is 15.5 Å². The monoisotopic (exact) mass is 767 g/mol. The molecule has 1 fully saturated rings. The summed E-state index contributed by atoms with van der Waals surface area (Å²) in [6, 6.07) is 22.4. The van der Waals surface area contributed by atoms with Gasteiger partial charge in [0, 0.05) is 24.2 Å². The first-order chi connectivity index (χ1) is 26.1. The number of alkyl carbamates (subject to hydrolysis) is 1. The van der Waals surface area contributed by atoms with Crippen molar-refractivity contribution in [3.8, 4) is 23.1 Å². The van der Waals surface area contributed by atoms with Crippen LogP contribution in [0.25, 0.3) is 11.3 Å². The number of carbonyl (C=O) groups excluding carboxylic acids is 3. The van der Waals surface area contributed by atoms with Gasteiger partial charge in [-0.3, -0.25) is 14.5 Å². The van der Waals surface area contributed by atoms with Gasteiger partial charge in [0.1, 0.15) is 22.9 Å². The van der Waals surface area contributed by atoms with E-state index in [2.05, 4.69) is 54.8 Å². The van der Waals surface area contributed by atoms with Crippen LogP contribution in [0.4, 0.5) is 4.79 Å². The smallest absolute Gasteiger partial charge is 0.407 e. The normalized spacial score (nSPS) is 16.7. The van der Waals surface area contributed by atoms with E-state index in [1.807, 2.05) is 12.1 Å². The largest absolute Gasteiger partial charge is 0.496 e. The number of rotatable bonds is 12. The van der Waals surface area contributed by atoms with Crippen LogP contribution < -0.4 is 21.1 Å². The second kappa shape index (κ2) is 18.0. The highest BCUT2D eigenvalue weighted by Gasteiger charge is 2.38. The Labute approximate surface area is 328 Å². The number of carbonyl (C=O) groups is 3. The number of halogens is 1. The molecule has 1 heterocycles. The number of methoxy groups -OCH3 is 1. The van der Waals surface area contributed by atoms with Gasteiger partial charge in [0.05, 0.1) is 47.5 Å². The fourth-order valence-electron chi connectivity index (χ4n) is 6.69. The van der Waals surface area contributed by atoms with Crippen molar-refractivity contribution < 1.29 is 28.3 Å². The molecule has 1 saturated carbocycles. The third kappa shape index (κ3) is 10.8. The molecular formula is C43H50ClN5O6. The van der Waals surface area contributed by atoms with Crippen molar-refractivity contribution in [1.29, 1.82) is 5.26 Å². The number of hydrogen-bond acceptors (Lipinski definition) is 9. The molecule has 4 aromatic rings. The molecule has 0 saturated heterocycles. The van der Waals surface area contributed by atoms with Crippen LogP contribution in [0, 0.1) is 18.3 Å². The van der Waals surface area contributed by atoms with Gasteiger partial charge >= 0.3 is 6.09 Å². The van der Waals surface area contributed by atoms with E-state index in [4.69, 9.17) is 31.2 Å². The van der Waals surface area contributed by atoms with Gasteiger partial charge in [-0.05, 0) is 108 Å². The number of furan rings is 1. The average molecular weight is 768 g/mol. The first-order valence-corrected chi connectivity index (χ1v) is 18.9. The molecule has 1 aliphatic rings. The quantitative estimate of drug-likeness (QED) is 0.130. The Morgan fingerprint density at radius 3 is 2.31 bits per heavy atom. The minimum absolute atomic E-state index is 0.0819. The standard InChI is InChI=1S/C43H50ClN5O6/c1-26-7-13-30(14-8-26)27(2)47-25-33-19-20-38(54-33)35-22-34(36(44)23-39(35)53-6)40(50)49(41(51)37(46)21-28-9-11-29(24-45)12-10-28)32-17-15-31(16-18-32)48-42(52)55-43(3,4)5/h7-14,19-20,22-23,27,31-32,37,47H,15-18,21,25,46H2,1-6H3,(H,48,52)/t27-,31?,32?,37-/m1/s1. The lowest BCUT2D eigenvalue weighted by Crippen LogP contribution is -2.54. The van der Waals surface area contributed by atoms with Gasteiger partial charge in [0.15, 0.2) is 0 Å². The fourth-order valence-corrected chi connectivity index (χ4v) is 6.92. The molecule has 0 aliphatic heterocycles. The van der Waals surface area contributed by atoms with E-state index in [0.29, 0.717) is 60.6 Å². The number of ether oxygens (including phenoxy) is 2. The van der Waals surface area contributed by atoms with Gasteiger partial charge in [-0.1, -0.05) is 53.6 Å². The summed E-state index contributed by atoms with van der Waals surface area (Å²) in [6.07, 6.45) is 1.52. The number of nitriles is 1. The summed E-state index contributed by atoms with van der Waals surface area (Å²) in [6.45, 7) is 9.99. The zero-order valence-electron chi connectivity index (χ0n) is 32.3. The maximum atomic E-state index is 14.6. The van der Waals surface area contributed by atoms with E-state index in [9.17, 15) is 19.6 Å². The molecule has 11 nitrogen and oxygen atoms in total. The number of aryl methyl sites for hydroxylation is 1. The molecule has 2 atom stereocenters. The van der Waals surface area contributed by atoms with E-state index >= 15 is 0 Å². The number of nitrogens with two attached hydrogens (primary N) is 1. The Hall–Kier alpha value is -5.15. The summed E-state index contributed by atoms with van der Waals surface area (Å²) in [7, 11) is 1.51. The van der Waals surface area contributed by atoms with Crippen LogP contribution >= 0.6 is 11.6 Å². The molecule has 12 heteroatoms. The summed E-state index contributed by atoms with van der Waals surface area (Å²) in [5.74, 6) is 0.388. The molecule has 0 spiro atoms. The predicted molar refractivity (Wildman–Crippen MR) is 212 cm³/mol. The second-order valence-electron chi connectivity index (χ2n) is 15.1. The fraction of sp³-hybridized carbons (Fsp3) is 0.395. The second-order valence-corrected chi connectivity index (χ2v) is 15.5. The van der Waals surface area contributed by atoms with E-state index in [1.165, 1.54) is 17.6 Å². The van der Waals surface area contributed by atoms with E-state index in [0.717, 1.165) is 11.1 Å². The van der Waals surface area contributed by atoms with Crippen LogP contribution in [0.3, 0.4) is 0 Å². The molecule has 1 aromatic heterocycles. The molecule has 3 aromatic carbocycles. The highest BCUT2D eigenvalue weighted by atomic mass is 35.5. The Morgan fingerprint density at radius 1 is 1.02 bits per heavy atom. The highest BCUT2D eigenvalue weighted by Crippen LogP contribution is 2.37. The van der Waals surface area contributed by atoms with Gasteiger partial charge in [-0.2, -0.15) is 5.26 Å². The molecule has 4 N–H and O–H groups in total. The van der Waals surface area contributed by atoms with Crippen molar-refractivity contribution in [2.24, 2.45) is 5.73 Å². The lowest BCUT2D eigenvalue weighted by atomic mass is 9.89. The third-order valence-corrected chi connectivity index (χ3v) is 10.0. The first-order valence-electron chi connectivity index (χ1n) is 18.5. The minimum atomic E-state index is -1.06. The Balaban J connectivity index is 1.39. The Bertz CT molecular complexity index is 2010. The number of benzene rings is 3. The summed E-state index contributed by atoms with van der Waals surface area (Å²) in [4.78, 5) is 42.7. The van der Waals surface area contributed by atoms with Gasteiger partial charge in [0.2, 0.25) is 5.91 Å². The molecule has 3 amide bonds. The Morgan fingerprint density at radius 2 is 1.69 bits per heavy atom. The van der Waals surface area contributed by atoms with Crippen LogP contribution in [0.15, 0.2) is 77.2 Å². The number of imide groups is 1. The molecule has 0 radical (unpaired) electrons. The van der Waals surface area contributed by atoms with Crippen molar-refractivity contribution in [3.05, 3.63) is 111 Å². The van der Waals surface area contributed by atoms with Crippen LogP contribution in [0.5, 0.6) is 5.75 Å². The molecule has 55 heavy (non-hydrogen) atoms. The lowest BCUT2D eigenvalue weighted by Gasteiger charge is -2.37. The van der Waals surface area contributed by atoms with Gasteiger partial charge < -0.3 is 30.3 Å². The van der Waals surface area contributed by atoms with E-state index in [-0.39, 0.29) is 29.1 Å². The number of nitrogens with zero attached hydrogens (tertiary/aromatic N) is 2. The van der Waals surface area contributed by atoms with Crippen LogP contribution in [-0.2, 0) is 22.5 Å². The van der Waals surface area contributed by atoms with Crippen LogP contribution in [0.1, 0.15) is 97.8 Å². The number of amides is 3. The summed E-state index contributed by atoms with van der Waals surface area (Å²) >= 11 is 6.78. The highest BCUT2D eigenvalue weighted by molar-refractivity contribution is 6.34. The van der Waals surface area contributed by atoms with Crippen molar-refractivity contribution in [2.45, 2.75) is 103 Å². The lowest BCUT2D eigenvalue weighted by molar-refractivity contribution is -0.132. The SMILES string of the molecule is COc1cc(Cl)c(C(=O)N(C(=O)[C@H](N)Cc2ccc(C#N)cc2)C2CCC(NC(=O)OC(C)(C)C)CC2)cc1-c1ccc(CN[C@H](C)c2ccc(C)cc2)o1. The third-order valence-electron chi connectivity index (χ3n) is 9.70. The molecule has 5 rings (SSSR count). The van der Waals surface area contributed by atoms with Crippen molar-refractivity contribution >= 4 is 29.5 Å². The summed E-state index contributed by atoms with van der Waals surface area (Å²) in [5.41, 5.74) is 10.1. The number of hydrogen-bond donors (Lipinski definition) is 3. The molecular weight excluding hydrogens is 718 g/mol. The summed E-state index contributed by atoms with van der Waals surface area (Å²) in [5, 5.41) is 15.7. The molecule has 0 unspecified atom stereocenters. The van der Waals surface area contributed by atoms with E-state index in [1.54, 1.807) is 57.2 Å². The predicted octanol–water partition coefficient (Wildman–Crippen LogP) is 8.01. The Kier molecular flexibility index (Phi) is 13.4. The molecule has 0 bridgehead atoms. The van der Waals surface area contributed by atoms with Gasteiger partial charge in [-0.15, -0.1) is 0 Å². The average Bonchev–Trinajstić information content (AvgIpc) is 3.63. The maximum absolute atomic E-state index is 14.6. The zero-order valence-corrected chi connectivity index (χ0v) is 33.0. The zero-order chi connectivity index (χ0) is 39.9. The van der Waals surface area contributed by atoms with Crippen molar-refractivity contribution in [2.75, 3.05) is 7.11 Å². The minimum Gasteiger partial charge on any atom is -0.496 e. The van der Waals surface area contributed by atoms with Crippen LogP contribution in [-0.4, -0.2) is 53.6 Å². The summed E-state index contributed by atoms with van der Waals surface area (Å²) < 4.78 is 17.4. The molecule has 290 valence electrons. The topological polar surface area (TPSA) is 160 Å². The van der Waals surface area contributed by atoms with E-state index < -0.39 is 35.6 Å². The molecule has 1 aliphatic carbocycles. The van der Waals surface area contributed by atoms with Gasteiger partial charge in [-0.25, -0.2) is 4.79 Å². The maximum Gasteiger partial charge on any atom is 0.407 e. The van der Waals surface area contributed by atoms with Gasteiger partial charge in [0.25, 0.3) is 5.91 Å². The number of nitrogens with one attached hydrogen (secondary N) is 2. The van der Waals surface area contributed by atoms with Crippen LogP contribution in [0.2, 0.25) is 5.02 Å². The first kappa shape index (κ1) is 41.0. The van der Waals surface area contributed by atoms with Crippen molar-refractivity contribution in [3.63, 3.8) is 0 Å².